The van der Waals surface area contributed by atoms with E-state index < -0.39 is 0 Å². The highest BCUT2D eigenvalue weighted by atomic mass is 35.5. The Morgan fingerprint density at radius 3 is 2.82 bits per heavy atom. The topological polar surface area (TPSA) is 82.2 Å². The fourth-order valence-corrected chi connectivity index (χ4v) is 3.45. The second kappa shape index (κ2) is 8.70. The molecule has 0 atom stereocenters. The molecule has 1 saturated carbocycles. The molecule has 0 aliphatic heterocycles. The average molecular weight is 419 g/mol. The minimum Gasteiger partial charge on any atom is -0.486 e. The van der Waals surface area contributed by atoms with Crippen molar-refractivity contribution in [2.75, 3.05) is 5.75 Å². The third-order valence-electron chi connectivity index (χ3n) is 4.14. The molecular weight excluding hydrogens is 400 g/mol. The van der Waals surface area contributed by atoms with Crippen molar-refractivity contribution in [2.45, 2.75) is 37.2 Å². The lowest BCUT2D eigenvalue weighted by Gasteiger charge is -2.10. The molecule has 28 heavy (non-hydrogen) atoms. The summed E-state index contributed by atoms with van der Waals surface area (Å²) in [6, 6.07) is 11.2. The first-order valence-electron chi connectivity index (χ1n) is 8.92. The third kappa shape index (κ3) is 5.08. The van der Waals surface area contributed by atoms with Gasteiger partial charge in [-0.25, -0.2) is 0 Å². The number of nitrogens with one attached hydrogen (secondary N) is 1. The Hall–Kier alpha value is -2.45. The second-order valence-electron chi connectivity index (χ2n) is 6.44. The van der Waals surface area contributed by atoms with Gasteiger partial charge in [-0.1, -0.05) is 23.4 Å². The number of hydrogen-bond donors (Lipinski definition) is 1. The van der Waals surface area contributed by atoms with E-state index in [-0.39, 0.29) is 12.5 Å². The monoisotopic (exact) mass is 418 g/mol. The highest BCUT2D eigenvalue weighted by Gasteiger charge is 2.23. The summed E-state index contributed by atoms with van der Waals surface area (Å²) in [6.07, 6.45) is 3.76. The summed E-state index contributed by atoms with van der Waals surface area (Å²) in [4.78, 5) is 12.0. The van der Waals surface area contributed by atoms with E-state index in [1.807, 2.05) is 16.7 Å². The molecule has 1 aliphatic rings. The van der Waals surface area contributed by atoms with Gasteiger partial charge in [-0.2, -0.15) is 0 Å². The Balaban J connectivity index is 1.45. The zero-order valence-corrected chi connectivity index (χ0v) is 16.6. The van der Waals surface area contributed by atoms with E-state index in [4.69, 9.17) is 20.8 Å². The summed E-state index contributed by atoms with van der Waals surface area (Å²) in [5.74, 6) is 2.42. The Labute approximate surface area is 171 Å². The minimum absolute atomic E-state index is 0.0130. The number of furan rings is 1. The number of carbonyl (C=O) groups is 1. The van der Waals surface area contributed by atoms with Crippen LogP contribution < -0.4 is 10.1 Å². The van der Waals surface area contributed by atoms with Crippen LogP contribution in [-0.2, 0) is 17.9 Å². The fourth-order valence-electron chi connectivity index (χ4n) is 2.56. The van der Waals surface area contributed by atoms with E-state index in [9.17, 15) is 4.79 Å². The van der Waals surface area contributed by atoms with Gasteiger partial charge in [0.2, 0.25) is 5.91 Å². The lowest BCUT2D eigenvalue weighted by molar-refractivity contribution is -0.118. The first kappa shape index (κ1) is 18.9. The predicted octanol–water partition coefficient (Wildman–Crippen LogP) is 3.52. The van der Waals surface area contributed by atoms with Crippen molar-refractivity contribution >= 4 is 29.3 Å². The van der Waals surface area contributed by atoms with Gasteiger partial charge in [-0.05, 0) is 49.2 Å². The van der Waals surface area contributed by atoms with Crippen LogP contribution in [0.5, 0.6) is 5.75 Å². The van der Waals surface area contributed by atoms with E-state index in [0.717, 1.165) is 18.6 Å². The second-order valence-corrected chi connectivity index (χ2v) is 7.82. The van der Waals surface area contributed by atoms with E-state index >= 15 is 0 Å². The van der Waals surface area contributed by atoms with Crippen molar-refractivity contribution in [3.8, 4) is 5.75 Å². The van der Waals surface area contributed by atoms with Crippen LogP contribution in [-0.4, -0.2) is 32.5 Å². The molecule has 2 heterocycles. The fraction of sp³-hybridized carbons (Fsp3) is 0.316. The minimum atomic E-state index is 0.0130. The van der Waals surface area contributed by atoms with Gasteiger partial charge in [0.05, 0.1) is 18.6 Å². The molecular formula is C19H19ClN4O3S. The molecule has 0 bridgehead atoms. The van der Waals surface area contributed by atoms with Crippen molar-refractivity contribution in [3.05, 3.63) is 59.3 Å². The highest BCUT2D eigenvalue weighted by molar-refractivity contribution is 7.99. The molecule has 0 saturated heterocycles. The number of hydrogen-bond acceptors (Lipinski definition) is 6. The number of rotatable bonds is 9. The van der Waals surface area contributed by atoms with Gasteiger partial charge in [0.25, 0.3) is 0 Å². The molecule has 1 aromatic carbocycles. The first-order valence-corrected chi connectivity index (χ1v) is 10.3. The molecule has 9 heteroatoms. The summed E-state index contributed by atoms with van der Waals surface area (Å²) in [5, 5.41) is 12.8. The standard InChI is InChI=1S/C19H19ClN4O3S/c20-13-3-7-15(8-4-13)27-11-17-22-23-19(24(17)10-16-2-1-9-26-16)28-12-18(25)21-14-5-6-14/h1-4,7-9,14H,5-6,10-12H2,(H,21,25). The smallest absolute Gasteiger partial charge is 0.230 e. The molecule has 7 nitrogen and oxygen atoms in total. The molecule has 2 aromatic heterocycles. The van der Waals surface area contributed by atoms with Crippen LogP contribution in [0, 0.1) is 0 Å². The van der Waals surface area contributed by atoms with Crippen molar-refractivity contribution in [1.29, 1.82) is 0 Å². The van der Waals surface area contributed by atoms with E-state index in [1.54, 1.807) is 30.5 Å². The summed E-state index contributed by atoms with van der Waals surface area (Å²) >= 11 is 7.26. The lowest BCUT2D eigenvalue weighted by Crippen LogP contribution is -2.27. The highest BCUT2D eigenvalue weighted by Crippen LogP contribution is 2.22. The Kier molecular flexibility index (Phi) is 5.87. The van der Waals surface area contributed by atoms with Crippen LogP contribution in [0.3, 0.4) is 0 Å². The van der Waals surface area contributed by atoms with Gasteiger partial charge < -0.3 is 14.5 Å². The average Bonchev–Trinajstić information content (AvgIpc) is 3.20. The number of benzene rings is 1. The summed E-state index contributed by atoms with van der Waals surface area (Å²) in [6.45, 7) is 0.704. The Bertz CT molecular complexity index is 923. The van der Waals surface area contributed by atoms with E-state index in [2.05, 4.69) is 15.5 Å². The summed E-state index contributed by atoms with van der Waals surface area (Å²) in [7, 11) is 0. The van der Waals surface area contributed by atoms with Crippen molar-refractivity contribution in [1.82, 2.24) is 20.1 Å². The molecule has 1 aliphatic carbocycles. The van der Waals surface area contributed by atoms with Gasteiger partial charge in [0.15, 0.2) is 11.0 Å². The number of aromatic nitrogens is 3. The molecule has 146 valence electrons. The van der Waals surface area contributed by atoms with E-state index in [0.29, 0.717) is 40.1 Å². The first-order chi connectivity index (χ1) is 13.7. The summed E-state index contributed by atoms with van der Waals surface area (Å²) < 4.78 is 13.2. The van der Waals surface area contributed by atoms with Crippen molar-refractivity contribution in [2.24, 2.45) is 0 Å². The maximum atomic E-state index is 12.0. The van der Waals surface area contributed by atoms with Gasteiger partial charge in [0, 0.05) is 11.1 Å². The zero-order chi connectivity index (χ0) is 19.3. The van der Waals surface area contributed by atoms with Crippen LogP contribution in [0.4, 0.5) is 0 Å². The molecule has 1 amide bonds. The molecule has 1 N–H and O–H groups in total. The molecule has 0 spiro atoms. The van der Waals surface area contributed by atoms with Gasteiger partial charge in [0.1, 0.15) is 18.1 Å². The van der Waals surface area contributed by atoms with Crippen molar-refractivity contribution < 1.29 is 13.9 Å². The molecule has 0 radical (unpaired) electrons. The summed E-state index contributed by atoms with van der Waals surface area (Å²) in [5.41, 5.74) is 0. The van der Waals surface area contributed by atoms with Crippen LogP contribution >= 0.6 is 23.4 Å². The normalized spacial score (nSPS) is 13.5. The third-order valence-corrected chi connectivity index (χ3v) is 5.36. The molecule has 1 fully saturated rings. The van der Waals surface area contributed by atoms with Crippen LogP contribution in [0.2, 0.25) is 5.02 Å². The quantitative estimate of drug-likeness (QED) is 0.535. The number of amides is 1. The van der Waals surface area contributed by atoms with E-state index in [1.165, 1.54) is 11.8 Å². The zero-order valence-electron chi connectivity index (χ0n) is 15.0. The number of nitrogens with zero attached hydrogens (tertiary/aromatic N) is 3. The maximum Gasteiger partial charge on any atom is 0.230 e. The Morgan fingerprint density at radius 2 is 2.11 bits per heavy atom. The van der Waals surface area contributed by atoms with Gasteiger partial charge >= 0.3 is 0 Å². The van der Waals surface area contributed by atoms with Crippen molar-refractivity contribution in [3.63, 3.8) is 0 Å². The number of ether oxygens (including phenoxy) is 1. The predicted molar refractivity (Wildman–Crippen MR) is 106 cm³/mol. The molecule has 4 rings (SSSR count). The lowest BCUT2D eigenvalue weighted by atomic mass is 10.3. The number of carbonyl (C=O) groups excluding carboxylic acids is 1. The molecule has 0 unspecified atom stereocenters. The number of halogens is 1. The maximum absolute atomic E-state index is 12.0. The van der Waals surface area contributed by atoms with Crippen LogP contribution in [0.15, 0.2) is 52.2 Å². The molecule has 3 aromatic rings. The van der Waals surface area contributed by atoms with Crippen LogP contribution in [0.25, 0.3) is 0 Å². The SMILES string of the molecule is O=C(CSc1nnc(COc2ccc(Cl)cc2)n1Cc1ccco1)NC1CC1. The van der Waals surface area contributed by atoms with Gasteiger partial charge in [-0.3, -0.25) is 9.36 Å². The Morgan fingerprint density at radius 1 is 1.29 bits per heavy atom. The number of thioether (sulfide) groups is 1. The van der Waals surface area contributed by atoms with Gasteiger partial charge in [-0.15, -0.1) is 10.2 Å². The van der Waals surface area contributed by atoms with Crippen LogP contribution in [0.1, 0.15) is 24.4 Å². The largest absolute Gasteiger partial charge is 0.486 e.